The Morgan fingerprint density at radius 1 is 1.02 bits per heavy atom. The number of fused-ring (bicyclic) bond motifs is 2. The van der Waals surface area contributed by atoms with Crippen LogP contribution in [-0.2, 0) is 26.1 Å². The first-order chi connectivity index (χ1) is 21.7. The van der Waals surface area contributed by atoms with Crippen LogP contribution >= 0.6 is 0 Å². The lowest BCUT2D eigenvalue weighted by atomic mass is 10.1. The van der Waals surface area contributed by atoms with E-state index in [0.29, 0.717) is 38.7 Å². The number of alkyl halides is 2. The van der Waals surface area contributed by atoms with E-state index in [1.54, 1.807) is 25.1 Å². The van der Waals surface area contributed by atoms with Crippen molar-refractivity contribution in [2.45, 2.75) is 58.3 Å². The third-order valence-corrected chi connectivity index (χ3v) is 9.28. The van der Waals surface area contributed by atoms with E-state index in [0.717, 1.165) is 58.4 Å². The number of nitrogens with zero attached hydrogens (tertiary/aromatic N) is 7. The molecule has 1 saturated carbocycles. The lowest BCUT2D eigenvalue weighted by Crippen LogP contribution is -2.29. The van der Waals surface area contributed by atoms with Gasteiger partial charge in [0, 0.05) is 67.0 Å². The summed E-state index contributed by atoms with van der Waals surface area (Å²) in [7, 11) is 3.30. The van der Waals surface area contributed by atoms with Crippen molar-refractivity contribution in [2.75, 3.05) is 37.5 Å². The molecule has 3 atom stereocenters. The highest BCUT2D eigenvalue weighted by molar-refractivity contribution is 5.54. The van der Waals surface area contributed by atoms with Crippen molar-refractivity contribution in [2.24, 2.45) is 11.8 Å². The SMILES string of the molecule is COc1ccc(CNc2nc(C)cc3c2CC[C@H]3NCc2cn(Cc3cnc(N4CC5C(C4)C5(F)F)nc3C)nn2)c(OC)c1. The Bertz CT molecular complexity index is 1710. The zero-order chi connectivity index (χ0) is 31.3. The number of hydrogen-bond donors (Lipinski definition) is 2. The van der Waals surface area contributed by atoms with Crippen LogP contribution in [0.25, 0.3) is 0 Å². The van der Waals surface area contributed by atoms with E-state index in [-0.39, 0.29) is 6.04 Å². The molecule has 3 aromatic heterocycles. The Kier molecular flexibility index (Phi) is 7.50. The van der Waals surface area contributed by atoms with Crippen molar-refractivity contribution in [1.82, 2.24) is 35.3 Å². The minimum atomic E-state index is -2.52. The van der Waals surface area contributed by atoms with Crippen molar-refractivity contribution < 1.29 is 18.3 Å². The van der Waals surface area contributed by atoms with Gasteiger partial charge in [-0.2, -0.15) is 0 Å². The Hall–Kier alpha value is -4.39. The number of rotatable bonds is 11. The molecule has 0 bridgehead atoms. The monoisotopic (exact) mass is 617 g/mol. The van der Waals surface area contributed by atoms with Crippen molar-refractivity contribution in [1.29, 1.82) is 0 Å². The minimum Gasteiger partial charge on any atom is -0.497 e. The molecule has 1 aromatic carbocycles. The van der Waals surface area contributed by atoms with Gasteiger partial charge in [0.05, 0.1) is 44.5 Å². The van der Waals surface area contributed by atoms with Crippen LogP contribution in [0.4, 0.5) is 20.5 Å². The number of ether oxygens (including phenoxy) is 2. The average molecular weight is 618 g/mol. The highest BCUT2D eigenvalue weighted by atomic mass is 19.3. The maximum atomic E-state index is 13.6. The summed E-state index contributed by atoms with van der Waals surface area (Å²) in [6.45, 7) is 6.20. The van der Waals surface area contributed by atoms with Gasteiger partial charge in [0.15, 0.2) is 0 Å². The van der Waals surface area contributed by atoms with E-state index in [2.05, 4.69) is 37.0 Å². The van der Waals surface area contributed by atoms with E-state index in [4.69, 9.17) is 14.5 Å². The largest absolute Gasteiger partial charge is 0.497 e. The molecule has 3 aliphatic rings. The van der Waals surface area contributed by atoms with Crippen LogP contribution in [-0.4, -0.2) is 63.2 Å². The number of pyridine rings is 1. The van der Waals surface area contributed by atoms with Crippen LogP contribution in [0.1, 0.15) is 51.8 Å². The molecule has 1 aliphatic heterocycles. The highest BCUT2D eigenvalue weighted by Crippen LogP contribution is 2.59. The van der Waals surface area contributed by atoms with Gasteiger partial charge in [-0.3, -0.25) is 0 Å². The Labute approximate surface area is 260 Å². The number of benzene rings is 1. The standard InChI is InChI=1S/C32H37F2N9O2/c1-18-9-25-24(30(38-18)36-11-20-5-6-23(44-3)10-29(20)45-4)7-8-28(25)35-13-22-15-43(41-40-22)14-21-12-37-31(39-19(21)2)42-16-26-27(17-42)32(26,33)34/h5-6,9-10,12,15,26-28,35H,7-8,11,13-14,16-17H2,1-4H3,(H,36,38)/t26?,27?,28-/m1/s1. The summed E-state index contributed by atoms with van der Waals surface area (Å²) in [5, 5.41) is 15.9. The van der Waals surface area contributed by atoms with Crippen molar-refractivity contribution in [3.8, 4) is 11.5 Å². The molecule has 2 aliphatic carbocycles. The number of nitrogens with one attached hydrogen (secondary N) is 2. The van der Waals surface area contributed by atoms with Gasteiger partial charge in [0.2, 0.25) is 5.95 Å². The Morgan fingerprint density at radius 2 is 1.84 bits per heavy atom. The zero-order valence-corrected chi connectivity index (χ0v) is 25.8. The van der Waals surface area contributed by atoms with Gasteiger partial charge >= 0.3 is 0 Å². The fourth-order valence-electron chi connectivity index (χ4n) is 6.64. The van der Waals surface area contributed by atoms with Gasteiger partial charge in [-0.1, -0.05) is 5.21 Å². The molecule has 2 N–H and O–H groups in total. The molecule has 45 heavy (non-hydrogen) atoms. The summed E-state index contributed by atoms with van der Waals surface area (Å²) in [5.41, 5.74) is 7.03. The van der Waals surface area contributed by atoms with Crippen molar-refractivity contribution in [3.05, 3.63) is 76.0 Å². The molecule has 13 heteroatoms. The maximum Gasteiger partial charge on any atom is 0.258 e. The molecule has 11 nitrogen and oxygen atoms in total. The topological polar surface area (TPSA) is 115 Å². The van der Waals surface area contributed by atoms with Crippen molar-refractivity contribution in [3.63, 3.8) is 0 Å². The normalized spacial score (nSPS) is 21.0. The second kappa shape index (κ2) is 11.5. The summed E-state index contributed by atoms with van der Waals surface area (Å²) in [4.78, 5) is 15.8. The van der Waals surface area contributed by atoms with Crippen molar-refractivity contribution >= 4 is 11.8 Å². The number of aromatic nitrogens is 6. The summed E-state index contributed by atoms with van der Waals surface area (Å²) in [5.74, 6) is -0.693. The van der Waals surface area contributed by atoms with E-state index in [1.165, 1.54) is 11.1 Å². The molecular weight excluding hydrogens is 580 g/mol. The Morgan fingerprint density at radius 3 is 2.60 bits per heavy atom. The van der Waals surface area contributed by atoms with Gasteiger partial charge in [0.25, 0.3) is 5.92 Å². The highest BCUT2D eigenvalue weighted by Gasteiger charge is 2.72. The van der Waals surface area contributed by atoms with Crippen LogP contribution in [0.2, 0.25) is 0 Å². The average Bonchev–Trinajstić information content (AvgIpc) is 3.60. The third-order valence-electron chi connectivity index (χ3n) is 9.28. The molecule has 0 radical (unpaired) electrons. The van der Waals surface area contributed by atoms with Crippen LogP contribution in [0.3, 0.4) is 0 Å². The number of anilines is 2. The first kappa shape index (κ1) is 29.3. The second-order valence-corrected chi connectivity index (χ2v) is 12.2. The molecule has 1 saturated heterocycles. The summed E-state index contributed by atoms with van der Waals surface area (Å²) in [6, 6.07) is 8.17. The van der Waals surface area contributed by atoms with Gasteiger partial charge < -0.3 is 25.0 Å². The number of aryl methyl sites for hydroxylation is 2. The molecule has 236 valence electrons. The van der Waals surface area contributed by atoms with Gasteiger partial charge in [-0.05, 0) is 56.0 Å². The molecule has 7 rings (SSSR count). The van der Waals surface area contributed by atoms with E-state index < -0.39 is 17.8 Å². The molecule has 0 amide bonds. The van der Waals surface area contributed by atoms with Crippen LogP contribution in [0.15, 0.2) is 36.7 Å². The molecule has 2 fully saturated rings. The number of piperidine rings is 1. The van der Waals surface area contributed by atoms with E-state index in [1.807, 2.05) is 43.1 Å². The molecule has 2 unspecified atom stereocenters. The molecule has 0 spiro atoms. The summed E-state index contributed by atoms with van der Waals surface area (Å²) < 4.78 is 39.8. The quantitative estimate of drug-likeness (QED) is 0.253. The smallest absolute Gasteiger partial charge is 0.258 e. The zero-order valence-electron chi connectivity index (χ0n) is 25.8. The fourth-order valence-corrected chi connectivity index (χ4v) is 6.64. The fraction of sp³-hybridized carbons (Fsp3) is 0.469. The lowest BCUT2D eigenvalue weighted by molar-refractivity contribution is 0.0796. The maximum absolute atomic E-state index is 13.6. The lowest BCUT2D eigenvalue weighted by Gasteiger charge is -2.20. The van der Waals surface area contributed by atoms with E-state index >= 15 is 0 Å². The minimum absolute atomic E-state index is 0.183. The third kappa shape index (κ3) is 5.65. The van der Waals surface area contributed by atoms with Gasteiger partial charge in [-0.25, -0.2) is 28.4 Å². The molecule has 4 heterocycles. The van der Waals surface area contributed by atoms with Gasteiger partial charge in [-0.15, -0.1) is 5.10 Å². The first-order valence-electron chi connectivity index (χ1n) is 15.3. The number of hydrogen-bond acceptors (Lipinski definition) is 10. The van der Waals surface area contributed by atoms with Crippen LogP contribution < -0.4 is 25.0 Å². The van der Waals surface area contributed by atoms with Gasteiger partial charge in [0.1, 0.15) is 17.3 Å². The summed E-state index contributed by atoms with van der Waals surface area (Å²) >= 11 is 0. The van der Waals surface area contributed by atoms with Crippen LogP contribution in [0.5, 0.6) is 11.5 Å². The molecular formula is C32H37F2N9O2. The van der Waals surface area contributed by atoms with E-state index in [9.17, 15) is 8.78 Å². The predicted octanol–water partition coefficient (Wildman–Crippen LogP) is 4.24. The predicted molar refractivity (Wildman–Crippen MR) is 164 cm³/mol. The number of methoxy groups -OCH3 is 2. The summed E-state index contributed by atoms with van der Waals surface area (Å²) in [6.07, 6.45) is 5.58. The van der Waals surface area contributed by atoms with Crippen LogP contribution in [0, 0.1) is 25.7 Å². The second-order valence-electron chi connectivity index (χ2n) is 12.2. The first-order valence-corrected chi connectivity index (χ1v) is 15.3. The molecule has 4 aromatic rings. The Balaban J connectivity index is 0.961. The number of halogens is 2.